The maximum absolute atomic E-state index is 12.3. The summed E-state index contributed by atoms with van der Waals surface area (Å²) in [7, 11) is 0. The highest BCUT2D eigenvalue weighted by atomic mass is 19.3. The van der Waals surface area contributed by atoms with Crippen molar-refractivity contribution < 1.29 is 8.78 Å². The highest BCUT2D eigenvalue weighted by Crippen LogP contribution is 2.34. The molecule has 0 spiro atoms. The van der Waals surface area contributed by atoms with E-state index in [0.717, 1.165) is 12.3 Å². The van der Waals surface area contributed by atoms with E-state index in [-0.39, 0.29) is 5.71 Å². The van der Waals surface area contributed by atoms with E-state index in [1.165, 1.54) is 18.9 Å². The summed E-state index contributed by atoms with van der Waals surface area (Å²) in [6.07, 6.45) is 4.55. The van der Waals surface area contributed by atoms with E-state index in [4.69, 9.17) is 0 Å². The first-order valence-electron chi connectivity index (χ1n) is 5.43. The van der Waals surface area contributed by atoms with Crippen LogP contribution < -0.4 is 0 Å². The number of rotatable bonds is 4. The fraction of sp³-hybridized carbons (Fsp3) is 0.727. The summed E-state index contributed by atoms with van der Waals surface area (Å²) in [6.45, 7) is 2.51. The molecule has 1 heterocycles. The molecule has 0 saturated heterocycles. The topological polar surface area (TPSA) is 15.6 Å². The van der Waals surface area contributed by atoms with E-state index in [1.807, 2.05) is 4.90 Å². The Morgan fingerprint density at radius 1 is 1.53 bits per heavy atom. The molecule has 0 radical (unpaired) electrons. The summed E-state index contributed by atoms with van der Waals surface area (Å²) in [5.41, 5.74) is -0.0927. The fourth-order valence-corrected chi connectivity index (χ4v) is 1.83. The molecule has 0 aromatic carbocycles. The van der Waals surface area contributed by atoms with Crippen LogP contribution in [-0.2, 0) is 0 Å². The van der Waals surface area contributed by atoms with Gasteiger partial charge in [-0.25, -0.2) is 8.78 Å². The van der Waals surface area contributed by atoms with Gasteiger partial charge in [0.25, 0.3) is 6.43 Å². The van der Waals surface area contributed by atoms with Crippen molar-refractivity contribution in [2.75, 3.05) is 6.67 Å². The third-order valence-corrected chi connectivity index (χ3v) is 3.01. The largest absolute Gasteiger partial charge is 0.356 e. The second-order valence-corrected chi connectivity index (χ2v) is 4.38. The van der Waals surface area contributed by atoms with Gasteiger partial charge in [-0.2, -0.15) is 0 Å². The van der Waals surface area contributed by atoms with E-state index >= 15 is 0 Å². The van der Waals surface area contributed by atoms with Gasteiger partial charge in [0.1, 0.15) is 12.4 Å². The molecule has 84 valence electrons. The summed E-state index contributed by atoms with van der Waals surface area (Å²) in [5.74, 6) is 0.855. The SMILES string of the molecule is CC(CC1CC1)N1C=CC(C(F)F)=NC1. The van der Waals surface area contributed by atoms with Crippen LogP contribution in [0.2, 0.25) is 0 Å². The number of hydrogen-bond donors (Lipinski definition) is 0. The molecular formula is C11H16F2N2. The number of aliphatic imine (C=N–C) groups is 1. The molecule has 1 aliphatic heterocycles. The molecule has 0 aromatic heterocycles. The lowest BCUT2D eigenvalue weighted by Crippen LogP contribution is -2.32. The third kappa shape index (κ3) is 2.76. The molecule has 1 saturated carbocycles. The number of allylic oxidation sites excluding steroid dienone is 1. The second-order valence-electron chi connectivity index (χ2n) is 4.38. The number of hydrogen-bond acceptors (Lipinski definition) is 2. The van der Waals surface area contributed by atoms with Crippen molar-refractivity contribution in [1.29, 1.82) is 0 Å². The molecular weight excluding hydrogens is 198 g/mol. The Labute approximate surface area is 88.7 Å². The predicted octanol–water partition coefficient (Wildman–Crippen LogP) is 2.67. The summed E-state index contributed by atoms with van der Waals surface area (Å²) < 4.78 is 24.5. The van der Waals surface area contributed by atoms with Crippen molar-refractivity contribution in [1.82, 2.24) is 4.90 Å². The van der Waals surface area contributed by atoms with Crippen LogP contribution in [0, 0.1) is 5.92 Å². The standard InChI is InChI=1S/C11H16F2N2/c1-8(6-9-2-3-9)15-5-4-10(11(12)13)14-7-15/h4-5,8-9,11H,2-3,6-7H2,1H3. The van der Waals surface area contributed by atoms with E-state index in [1.54, 1.807) is 6.20 Å². The summed E-state index contributed by atoms with van der Waals surface area (Å²) in [6, 6.07) is 0.414. The van der Waals surface area contributed by atoms with Gasteiger partial charge in [-0.1, -0.05) is 12.8 Å². The average Bonchev–Trinajstić information content (AvgIpc) is 3.02. The average molecular weight is 214 g/mol. The van der Waals surface area contributed by atoms with Crippen LogP contribution in [0.25, 0.3) is 0 Å². The van der Waals surface area contributed by atoms with Gasteiger partial charge in [0.2, 0.25) is 0 Å². The van der Waals surface area contributed by atoms with Crippen LogP contribution in [0.3, 0.4) is 0 Å². The Balaban J connectivity index is 1.84. The lowest BCUT2D eigenvalue weighted by Gasteiger charge is -2.28. The van der Waals surface area contributed by atoms with Crippen LogP contribution >= 0.6 is 0 Å². The molecule has 1 aliphatic carbocycles. The molecule has 4 heteroatoms. The van der Waals surface area contributed by atoms with Gasteiger partial charge in [0.05, 0.1) is 0 Å². The first-order chi connectivity index (χ1) is 7.16. The minimum absolute atomic E-state index is 0.0927. The van der Waals surface area contributed by atoms with E-state index in [0.29, 0.717) is 12.7 Å². The van der Waals surface area contributed by atoms with Gasteiger partial charge in [-0.15, -0.1) is 0 Å². The Morgan fingerprint density at radius 2 is 2.27 bits per heavy atom. The predicted molar refractivity (Wildman–Crippen MR) is 56.1 cm³/mol. The van der Waals surface area contributed by atoms with E-state index < -0.39 is 6.43 Å². The highest BCUT2D eigenvalue weighted by molar-refractivity contribution is 5.97. The van der Waals surface area contributed by atoms with Crippen LogP contribution in [0.5, 0.6) is 0 Å². The Bertz CT molecular complexity index is 282. The quantitative estimate of drug-likeness (QED) is 0.702. The molecule has 0 aromatic rings. The van der Waals surface area contributed by atoms with Gasteiger partial charge in [0, 0.05) is 12.2 Å². The number of alkyl halides is 2. The maximum Gasteiger partial charge on any atom is 0.280 e. The van der Waals surface area contributed by atoms with Gasteiger partial charge < -0.3 is 4.90 Å². The van der Waals surface area contributed by atoms with Crippen molar-refractivity contribution >= 4 is 5.71 Å². The third-order valence-electron chi connectivity index (χ3n) is 3.01. The van der Waals surface area contributed by atoms with Gasteiger partial charge in [0.15, 0.2) is 0 Å². The van der Waals surface area contributed by atoms with Gasteiger partial charge in [-0.3, -0.25) is 4.99 Å². The highest BCUT2D eigenvalue weighted by Gasteiger charge is 2.26. The summed E-state index contributed by atoms with van der Waals surface area (Å²) in [5, 5.41) is 0. The van der Waals surface area contributed by atoms with Crippen molar-refractivity contribution in [3.05, 3.63) is 12.3 Å². The Morgan fingerprint density at radius 3 is 2.73 bits per heavy atom. The zero-order valence-corrected chi connectivity index (χ0v) is 8.87. The van der Waals surface area contributed by atoms with Crippen molar-refractivity contribution in [3.63, 3.8) is 0 Å². The van der Waals surface area contributed by atoms with Gasteiger partial charge >= 0.3 is 0 Å². The van der Waals surface area contributed by atoms with Crippen LogP contribution in [0.4, 0.5) is 8.78 Å². The van der Waals surface area contributed by atoms with Crippen molar-refractivity contribution in [2.45, 2.75) is 38.7 Å². The van der Waals surface area contributed by atoms with Crippen molar-refractivity contribution in [3.8, 4) is 0 Å². The zero-order valence-electron chi connectivity index (χ0n) is 8.87. The minimum Gasteiger partial charge on any atom is -0.356 e. The number of halogens is 2. The molecule has 0 N–H and O–H groups in total. The smallest absolute Gasteiger partial charge is 0.280 e. The Kier molecular flexibility index (Phi) is 3.03. The van der Waals surface area contributed by atoms with E-state index in [9.17, 15) is 8.78 Å². The molecule has 0 amide bonds. The number of nitrogens with zero attached hydrogens (tertiary/aromatic N) is 2. The molecule has 1 unspecified atom stereocenters. The minimum atomic E-state index is -2.44. The second kappa shape index (κ2) is 4.29. The lowest BCUT2D eigenvalue weighted by atomic mass is 10.1. The molecule has 2 rings (SSSR count). The van der Waals surface area contributed by atoms with Crippen LogP contribution in [0.1, 0.15) is 26.2 Å². The zero-order chi connectivity index (χ0) is 10.8. The first kappa shape index (κ1) is 10.6. The van der Waals surface area contributed by atoms with E-state index in [2.05, 4.69) is 11.9 Å². The molecule has 2 aliphatic rings. The molecule has 2 nitrogen and oxygen atoms in total. The first-order valence-corrected chi connectivity index (χ1v) is 5.43. The van der Waals surface area contributed by atoms with Gasteiger partial charge in [-0.05, 0) is 25.3 Å². The van der Waals surface area contributed by atoms with Crippen molar-refractivity contribution in [2.24, 2.45) is 10.9 Å². The fourth-order valence-electron chi connectivity index (χ4n) is 1.83. The van der Waals surface area contributed by atoms with Crippen LogP contribution in [-0.4, -0.2) is 29.7 Å². The summed E-state index contributed by atoms with van der Waals surface area (Å²) in [4.78, 5) is 5.90. The van der Waals surface area contributed by atoms with Crippen LogP contribution in [0.15, 0.2) is 17.3 Å². The monoisotopic (exact) mass is 214 g/mol. The molecule has 1 atom stereocenters. The Hall–Kier alpha value is -0.930. The summed E-state index contributed by atoms with van der Waals surface area (Å²) >= 11 is 0. The lowest BCUT2D eigenvalue weighted by molar-refractivity contribution is 0.220. The molecule has 1 fully saturated rings. The normalized spacial score (nSPS) is 23.2. The molecule has 15 heavy (non-hydrogen) atoms. The molecule has 0 bridgehead atoms. The maximum atomic E-state index is 12.3.